The molecule has 1 aromatic heterocycles. The van der Waals surface area contributed by atoms with Crippen molar-refractivity contribution in [1.29, 1.82) is 0 Å². The summed E-state index contributed by atoms with van der Waals surface area (Å²) in [6, 6.07) is 18.5. The molecule has 0 aliphatic rings. The second-order valence-corrected chi connectivity index (χ2v) is 9.71. The molecule has 1 heterocycles. The maximum absolute atomic E-state index is 14.5. The summed E-state index contributed by atoms with van der Waals surface area (Å²) in [5.41, 5.74) is 0.770. The number of alkyl halides is 2. The van der Waals surface area contributed by atoms with Crippen LogP contribution in [0.5, 0.6) is 5.75 Å². The molecule has 1 N–H and O–H groups in total. The molecule has 0 aliphatic heterocycles. The average Bonchev–Trinajstić information content (AvgIpc) is 2.84. The predicted molar refractivity (Wildman–Crippen MR) is 130 cm³/mol. The minimum Gasteiger partial charge on any atom is -0.497 e. The van der Waals surface area contributed by atoms with Crippen molar-refractivity contribution in [2.24, 2.45) is 0 Å². The number of hydrogen-bond acceptors (Lipinski definition) is 5. The Hall–Kier alpha value is -3.72. The SMILES string of the molecule is CCC(F)(F)c1cc(=O)oc2ccc(Cc3ccc(S(=O)(=O)Nc4cccc(OC)c4)cc3)cc12. The minimum atomic E-state index is -3.82. The Morgan fingerprint density at radius 3 is 2.37 bits per heavy atom. The highest BCUT2D eigenvalue weighted by molar-refractivity contribution is 7.92. The fraction of sp³-hybridized carbons (Fsp3) is 0.192. The fourth-order valence-electron chi connectivity index (χ4n) is 3.74. The summed E-state index contributed by atoms with van der Waals surface area (Å²) in [6.07, 6.45) is -0.0780. The molecule has 0 aliphatic carbocycles. The Balaban J connectivity index is 1.58. The van der Waals surface area contributed by atoms with Crippen LogP contribution in [-0.2, 0) is 22.4 Å². The van der Waals surface area contributed by atoms with E-state index in [2.05, 4.69) is 4.72 Å². The number of anilines is 1. The Labute approximate surface area is 201 Å². The first-order valence-electron chi connectivity index (χ1n) is 10.8. The Kier molecular flexibility index (Phi) is 6.62. The number of hydrogen-bond donors (Lipinski definition) is 1. The van der Waals surface area contributed by atoms with Crippen molar-refractivity contribution >= 4 is 26.7 Å². The lowest BCUT2D eigenvalue weighted by Gasteiger charge is -2.16. The highest BCUT2D eigenvalue weighted by Gasteiger charge is 2.32. The topological polar surface area (TPSA) is 85.6 Å². The van der Waals surface area contributed by atoms with Crippen molar-refractivity contribution < 1.29 is 26.4 Å². The van der Waals surface area contributed by atoms with Crippen molar-refractivity contribution in [3.8, 4) is 5.75 Å². The van der Waals surface area contributed by atoms with E-state index >= 15 is 0 Å². The molecule has 3 aromatic carbocycles. The van der Waals surface area contributed by atoms with Crippen LogP contribution in [0.3, 0.4) is 0 Å². The molecule has 0 spiro atoms. The molecular formula is C26H23F2NO5S. The minimum absolute atomic E-state index is 0.0780. The van der Waals surface area contributed by atoms with Gasteiger partial charge in [0.1, 0.15) is 11.3 Å². The van der Waals surface area contributed by atoms with Crippen LogP contribution in [-0.4, -0.2) is 15.5 Å². The number of nitrogens with one attached hydrogen (secondary N) is 1. The van der Waals surface area contributed by atoms with Crippen LogP contribution < -0.4 is 15.1 Å². The van der Waals surface area contributed by atoms with Crippen LogP contribution in [0.4, 0.5) is 14.5 Å². The molecule has 35 heavy (non-hydrogen) atoms. The molecule has 4 rings (SSSR count). The third-order valence-corrected chi connectivity index (χ3v) is 7.01. The predicted octanol–water partition coefficient (Wildman–Crippen LogP) is 5.70. The second-order valence-electron chi connectivity index (χ2n) is 8.03. The van der Waals surface area contributed by atoms with Gasteiger partial charge in [0, 0.05) is 29.5 Å². The number of benzene rings is 3. The molecule has 0 bridgehead atoms. The average molecular weight is 500 g/mol. The molecule has 0 fully saturated rings. The molecule has 182 valence electrons. The fourth-order valence-corrected chi connectivity index (χ4v) is 4.79. The van der Waals surface area contributed by atoms with E-state index in [0.717, 1.165) is 11.6 Å². The third-order valence-electron chi connectivity index (χ3n) is 5.61. The van der Waals surface area contributed by atoms with E-state index in [9.17, 15) is 22.0 Å². The van der Waals surface area contributed by atoms with Gasteiger partial charge < -0.3 is 9.15 Å². The van der Waals surface area contributed by atoms with Gasteiger partial charge in [0.25, 0.3) is 15.9 Å². The lowest BCUT2D eigenvalue weighted by atomic mass is 9.98. The molecule has 4 aromatic rings. The van der Waals surface area contributed by atoms with Crippen molar-refractivity contribution in [2.45, 2.75) is 30.6 Å². The molecule has 9 heteroatoms. The molecule has 0 radical (unpaired) electrons. The van der Waals surface area contributed by atoms with Gasteiger partial charge in [-0.3, -0.25) is 4.72 Å². The molecule has 0 unspecified atom stereocenters. The summed E-state index contributed by atoms with van der Waals surface area (Å²) in [5, 5.41) is 0.177. The number of rotatable bonds is 8. The van der Waals surface area contributed by atoms with Gasteiger partial charge in [0.05, 0.1) is 17.7 Å². The molecule has 6 nitrogen and oxygen atoms in total. The lowest BCUT2D eigenvalue weighted by Crippen LogP contribution is -2.15. The van der Waals surface area contributed by atoms with Crippen molar-refractivity contribution in [2.75, 3.05) is 11.8 Å². The quantitative estimate of drug-likeness (QED) is 0.315. The second kappa shape index (κ2) is 9.50. The summed E-state index contributed by atoms with van der Waals surface area (Å²) < 4.78 is 67.1. The first kappa shape index (κ1) is 24.4. The highest BCUT2D eigenvalue weighted by atomic mass is 32.2. The Morgan fingerprint density at radius 2 is 1.69 bits per heavy atom. The summed E-state index contributed by atoms with van der Waals surface area (Å²) in [4.78, 5) is 11.8. The standard InChI is InChI=1S/C26H23F2NO5S/c1-3-26(27,28)23-16-25(30)34-24-12-9-18(14-22(23)24)13-17-7-10-21(11-8-17)35(31,32)29-19-5-4-6-20(15-19)33-2/h4-12,14-16,29H,3,13H2,1-2H3. The van der Waals surface area contributed by atoms with Crippen LogP contribution in [0.2, 0.25) is 0 Å². The summed E-state index contributed by atoms with van der Waals surface area (Å²) in [7, 11) is -2.32. The number of fused-ring (bicyclic) bond motifs is 1. The molecule has 0 amide bonds. The summed E-state index contributed by atoms with van der Waals surface area (Å²) in [5.74, 6) is -2.64. The Morgan fingerprint density at radius 1 is 0.971 bits per heavy atom. The van der Waals surface area contributed by atoms with Gasteiger partial charge >= 0.3 is 5.63 Å². The molecule has 0 atom stereocenters. The van der Waals surface area contributed by atoms with Gasteiger partial charge in [0.15, 0.2) is 0 Å². The maximum Gasteiger partial charge on any atom is 0.336 e. The summed E-state index contributed by atoms with van der Waals surface area (Å²) >= 11 is 0. The van der Waals surface area contributed by atoms with Crippen molar-refractivity contribution in [3.63, 3.8) is 0 Å². The first-order chi connectivity index (χ1) is 16.6. The van der Waals surface area contributed by atoms with Gasteiger partial charge in [-0.25, -0.2) is 22.0 Å². The van der Waals surface area contributed by atoms with E-state index in [0.29, 0.717) is 23.4 Å². The van der Waals surface area contributed by atoms with Crippen LogP contribution in [0, 0.1) is 0 Å². The maximum atomic E-state index is 14.5. The van der Waals surface area contributed by atoms with E-state index in [-0.39, 0.29) is 21.4 Å². The van der Waals surface area contributed by atoms with E-state index < -0.39 is 28.0 Å². The van der Waals surface area contributed by atoms with Crippen molar-refractivity contribution in [1.82, 2.24) is 0 Å². The van der Waals surface area contributed by atoms with Gasteiger partial charge in [-0.15, -0.1) is 0 Å². The number of ether oxygens (including phenoxy) is 1. The Bertz CT molecular complexity index is 1530. The molecule has 0 saturated heterocycles. The van der Waals surface area contributed by atoms with Gasteiger partial charge in [-0.05, 0) is 53.9 Å². The lowest BCUT2D eigenvalue weighted by molar-refractivity contribution is -0.00714. The zero-order valence-electron chi connectivity index (χ0n) is 19.0. The first-order valence-corrected chi connectivity index (χ1v) is 12.3. The number of halogens is 2. The van der Waals surface area contributed by atoms with Crippen molar-refractivity contribution in [3.05, 3.63) is 99.9 Å². The van der Waals surface area contributed by atoms with E-state index in [4.69, 9.17) is 9.15 Å². The van der Waals surface area contributed by atoms with E-state index in [1.165, 1.54) is 32.2 Å². The zero-order valence-corrected chi connectivity index (χ0v) is 19.9. The van der Waals surface area contributed by atoms with Crippen LogP contribution in [0.1, 0.15) is 30.0 Å². The van der Waals surface area contributed by atoms with E-state index in [1.807, 2.05) is 0 Å². The zero-order chi connectivity index (χ0) is 25.2. The summed E-state index contributed by atoms with van der Waals surface area (Å²) in [6.45, 7) is 1.35. The van der Waals surface area contributed by atoms with E-state index in [1.54, 1.807) is 48.5 Å². The normalized spacial score (nSPS) is 12.0. The van der Waals surface area contributed by atoms with Gasteiger partial charge in [-0.2, -0.15) is 0 Å². The smallest absolute Gasteiger partial charge is 0.336 e. The third kappa shape index (κ3) is 5.35. The number of sulfonamides is 1. The number of methoxy groups -OCH3 is 1. The van der Waals surface area contributed by atoms with Crippen LogP contribution in [0.15, 0.2) is 86.9 Å². The monoisotopic (exact) mass is 499 g/mol. The van der Waals surface area contributed by atoms with Gasteiger partial charge in [-0.1, -0.05) is 31.2 Å². The van der Waals surface area contributed by atoms with Crippen LogP contribution >= 0.6 is 0 Å². The molecule has 0 saturated carbocycles. The van der Waals surface area contributed by atoms with Gasteiger partial charge in [0.2, 0.25) is 0 Å². The highest BCUT2D eigenvalue weighted by Crippen LogP contribution is 2.36. The largest absolute Gasteiger partial charge is 0.497 e. The molecular weight excluding hydrogens is 476 g/mol. The van der Waals surface area contributed by atoms with Crippen LogP contribution in [0.25, 0.3) is 11.0 Å².